The zero-order valence-electron chi connectivity index (χ0n) is 18.2. The third-order valence-electron chi connectivity index (χ3n) is 5.92. The number of hydrogen-bond acceptors (Lipinski definition) is 5. The van der Waals surface area contributed by atoms with E-state index in [1.165, 1.54) is 11.1 Å². The van der Waals surface area contributed by atoms with Gasteiger partial charge in [0.15, 0.2) is 11.5 Å². The Kier molecular flexibility index (Phi) is 5.14. The molecular formula is C21H25N5O2S2. The van der Waals surface area contributed by atoms with Crippen molar-refractivity contribution >= 4 is 38.1 Å². The molecule has 0 amide bonds. The maximum Gasteiger partial charge on any atom is 0.178 e. The standard InChI is InChI=1S/C21H25N5O2S2/c1-8-30(28)21-18-13(4)11(2)12(3)14(5)19(18)24-26(21)20-15(6)25-17(23-20)9-16(10-22-25)29(7)27/h9-10H,8H2,1-7H3. The van der Waals surface area contributed by atoms with E-state index in [1.807, 2.05) is 13.8 Å². The number of aryl methyl sites for hydroxylation is 3. The van der Waals surface area contributed by atoms with Crippen LogP contribution in [0.1, 0.15) is 34.9 Å². The Morgan fingerprint density at radius 2 is 1.67 bits per heavy atom. The summed E-state index contributed by atoms with van der Waals surface area (Å²) in [7, 11) is -2.39. The third-order valence-corrected chi connectivity index (χ3v) is 8.14. The second-order valence-corrected chi connectivity index (χ2v) is 10.5. The molecule has 2 atom stereocenters. The van der Waals surface area contributed by atoms with Gasteiger partial charge in [-0.05, 0) is 56.9 Å². The van der Waals surface area contributed by atoms with Crippen molar-refractivity contribution < 1.29 is 8.42 Å². The molecule has 7 nitrogen and oxygen atoms in total. The normalized spacial score (nSPS) is 14.0. The zero-order valence-corrected chi connectivity index (χ0v) is 19.9. The number of hydrogen-bond donors (Lipinski definition) is 0. The van der Waals surface area contributed by atoms with Gasteiger partial charge in [0.1, 0.15) is 5.03 Å². The summed E-state index contributed by atoms with van der Waals surface area (Å²) >= 11 is 0. The van der Waals surface area contributed by atoms with Crippen LogP contribution in [0.5, 0.6) is 0 Å². The number of rotatable bonds is 4. The van der Waals surface area contributed by atoms with E-state index in [1.54, 1.807) is 27.7 Å². The molecule has 1 aromatic carbocycles. The largest absolute Gasteiger partial charge is 0.255 e. The minimum Gasteiger partial charge on any atom is -0.255 e. The molecule has 0 aliphatic heterocycles. The van der Waals surface area contributed by atoms with Gasteiger partial charge in [0.05, 0.1) is 43.9 Å². The van der Waals surface area contributed by atoms with Gasteiger partial charge in [0.2, 0.25) is 0 Å². The first-order valence-corrected chi connectivity index (χ1v) is 12.6. The Hall–Kier alpha value is -2.39. The van der Waals surface area contributed by atoms with Crippen molar-refractivity contribution in [2.24, 2.45) is 0 Å². The van der Waals surface area contributed by atoms with Crippen LogP contribution in [0.15, 0.2) is 22.2 Å². The van der Waals surface area contributed by atoms with E-state index in [4.69, 9.17) is 10.1 Å². The molecule has 158 valence electrons. The fourth-order valence-electron chi connectivity index (χ4n) is 3.80. The van der Waals surface area contributed by atoms with E-state index in [0.29, 0.717) is 27.1 Å². The molecule has 4 rings (SSSR count). The third kappa shape index (κ3) is 2.94. The summed E-state index contributed by atoms with van der Waals surface area (Å²) in [5, 5.41) is 10.9. The molecule has 4 aromatic rings. The van der Waals surface area contributed by atoms with Crippen molar-refractivity contribution in [3.63, 3.8) is 0 Å². The van der Waals surface area contributed by atoms with Gasteiger partial charge in [-0.1, -0.05) is 6.92 Å². The van der Waals surface area contributed by atoms with Crippen LogP contribution in [0.4, 0.5) is 0 Å². The lowest BCUT2D eigenvalue weighted by molar-refractivity contribution is 0.672. The Labute approximate surface area is 180 Å². The lowest BCUT2D eigenvalue weighted by atomic mass is 9.96. The molecular weight excluding hydrogens is 418 g/mol. The predicted molar refractivity (Wildman–Crippen MR) is 121 cm³/mol. The Balaban J connectivity index is 2.12. The second-order valence-electron chi connectivity index (χ2n) is 7.51. The molecule has 0 N–H and O–H groups in total. The predicted octanol–water partition coefficient (Wildman–Crippen LogP) is 3.48. The fraction of sp³-hybridized carbons (Fsp3) is 0.381. The molecule has 0 aliphatic rings. The second kappa shape index (κ2) is 7.39. The van der Waals surface area contributed by atoms with Gasteiger partial charge in [-0.2, -0.15) is 10.2 Å². The Morgan fingerprint density at radius 3 is 2.30 bits per heavy atom. The molecule has 0 aliphatic carbocycles. The number of nitrogens with zero attached hydrogens (tertiary/aromatic N) is 5. The summed E-state index contributed by atoms with van der Waals surface area (Å²) in [6.45, 7) is 12.1. The summed E-state index contributed by atoms with van der Waals surface area (Å²) < 4.78 is 28.5. The van der Waals surface area contributed by atoms with Gasteiger partial charge in [-0.3, -0.25) is 8.42 Å². The topological polar surface area (TPSA) is 82.1 Å². The first-order valence-electron chi connectivity index (χ1n) is 9.74. The highest BCUT2D eigenvalue weighted by Gasteiger charge is 2.25. The van der Waals surface area contributed by atoms with E-state index in [9.17, 15) is 8.42 Å². The van der Waals surface area contributed by atoms with Crippen molar-refractivity contribution in [1.82, 2.24) is 24.4 Å². The summed E-state index contributed by atoms with van der Waals surface area (Å²) in [5.41, 5.74) is 6.79. The van der Waals surface area contributed by atoms with Crippen LogP contribution in [-0.4, -0.2) is 44.8 Å². The quantitative estimate of drug-likeness (QED) is 0.482. The average molecular weight is 444 g/mol. The van der Waals surface area contributed by atoms with Gasteiger partial charge in [-0.25, -0.2) is 14.2 Å². The summed E-state index contributed by atoms with van der Waals surface area (Å²) in [5.74, 6) is 1.07. The fourth-order valence-corrected chi connectivity index (χ4v) is 5.34. The Bertz CT molecular complexity index is 1380. The number of imidazole rings is 1. The molecule has 0 radical (unpaired) electrons. The maximum absolute atomic E-state index is 13.2. The minimum atomic E-state index is -1.24. The zero-order chi connectivity index (χ0) is 21.9. The molecule has 30 heavy (non-hydrogen) atoms. The van der Waals surface area contributed by atoms with Crippen LogP contribution in [-0.2, 0) is 21.6 Å². The van der Waals surface area contributed by atoms with Gasteiger partial charge in [-0.15, -0.1) is 0 Å². The summed E-state index contributed by atoms with van der Waals surface area (Å²) in [4.78, 5) is 5.35. The van der Waals surface area contributed by atoms with Crippen molar-refractivity contribution in [3.8, 4) is 5.82 Å². The lowest BCUT2D eigenvalue weighted by Gasteiger charge is -2.11. The van der Waals surface area contributed by atoms with E-state index < -0.39 is 21.6 Å². The van der Waals surface area contributed by atoms with Crippen molar-refractivity contribution in [1.29, 1.82) is 0 Å². The molecule has 0 fully saturated rings. The Morgan fingerprint density at radius 1 is 1.00 bits per heavy atom. The van der Waals surface area contributed by atoms with Crippen LogP contribution in [0.2, 0.25) is 0 Å². The van der Waals surface area contributed by atoms with Crippen LogP contribution in [0, 0.1) is 34.6 Å². The van der Waals surface area contributed by atoms with Crippen molar-refractivity contribution in [2.45, 2.75) is 51.5 Å². The average Bonchev–Trinajstić information content (AvgIpc) is 3.28. The van der Waals surface area contributed by atoms with Crippen LogP contribution >= 0.6 is 0 Å². The highest BCUT2D eigenvalue weighted by atomic mass is 32.2. The van der Waals surface area contributed by atoms with E-state index in [0.717, 1.165) is 27.7 Å². The van der Waals surface area contributed by atoms with E-state index in [-0.39, 0.29) is 0 Å². The van der Waals surface area contributed by atoms with Crippen LogP contribution in [0.25, 0.3) is 22.4 Å². The molecule has 3 aromatic heterocycles. The molecule has 0 saturated heterocycles. The van der Waals surface area contributed by atoms with Crippen molar-refractivity contribution in [3.05, 3.63) is 40.2 Å². The highest BCUT2D eigenvalue weighted by molar-refractivity contribution is 7.85. The van der Waals surface area contributed by atoms with Crippen molar-refractivity contribution in [2.75, 3.05) is 12.0 Å². The molecule has 9 heteroatoms. The highest BCUT2D eigenvalue weighted by Crippen LogP contribution is 2.34. The summed E-state index contributed by atoms with van der Waals surface area (Å²) in [6, 6.07) is 1.77. The molecule has 2 unspecified atom stereocenters. The first kappa shape index (κ1) is 20.9. The van der Waals surface area contributed by atoms with Gasteiger partial charge < -0.3 is 0 Å². The van der Waals surface area contributed by atoms with Crippen LogP contribution < -0.4 is 0 Å². The summed E-state index contributed by atoms with van der Waals surface area (Å²) in [6.07, 6.45) is 3.20. The van der Waals surface area contributed by atoms with Gasteiger partial charge in [0, 0.05) is 23.5 Å². The van der Waals surface area contributed by atoms with E-state index >= 15 is 0 Å². The van der Waals surface area contributed by atoms with Gasteiger partial charge >= 0.3 is 0 Å². The maximum atomic E-state index is 13.2. The number of fused-ring (bicyclic) bond motifs is 2. The van der Waals surface area contributed by atoms with Crippen LogP contribution in [0.3, 0.4) is 0 Å². The van der Waals surface area contributed by atoms with Gasteiger partial charge in [0.25, 0.3) is 0 Å². The SMILES string of the molecule is CCS(=O)c1c2c(C)c(C)c(C)c(C)c2nn1-c1nc2cc(S(C)=O)cnn2c1C. The molecule has 0 bridgehead atoms. The number of benzene rings is 1. The minimum absolute atomic E-state index is 0.482. The molecule has 0 saturated carbocycles. The molecule has 3 heterocycles. The first-order chi connectivity index (χ1) is 14.2. The number of aromatic nitrogens is 5. The monoisotopic (exact) mass is 443 g/mol. The van der Waals surface area contributed by atoms with E-state index in [2.05, 4.69) is 32.8 Å². The molecule has 0 spiro atoms. The smallest absolute Gasteiger partial charge is 0.178 e. The lowest BCUT2D eigenvalue weighted by Crippen LogP contribution is -2.08.